The van der Waals surface area contributed by atoms with Gasteiger partial charge < -0.3 is 25.4 Å². The van der Waals surface area contributed by atoms with Crippen molar-refractivity contribution in [3.63, 3.8) is 0 Å². The number of nitrogens with zero attached hydrogens (tertiary/aromatic N) is 1. The molecule has 11 nitrogen and oxygen atoms in total. The first-order valence-electron chi connectivity index (χ1n) is 8.93. The number of rotatable bonds is 9. The van der Waals surface area contributed by atoms with Gasteiger partial charge in [0.05, 0.1) is 0 Å². The lowest BCUT2D eigenvalue weighted by Gasteiger charge is -2.21. The van der Waals surface area contributed by atoms with Gasteiger partial charge in [-0.2, -0.15) is 0 Å². The van der Waals surface area contributed by atoms with E-state index in [0.29, 0.717) is 6.54 Å². The molecule has 0 heterocycles. The molecule has 0 aliphatic rings. The van der Waals surface area contributed by atoms with Crippen molar-refractivity contribution in [3.05, 3.63) is 59.7 Å². The van der Waals surface area contributed by atoms with Crippen molar-refractivity contribution in [2.45, 2.75) is 12.6 Å². The van der Waals surface area contributed by atoms with Crippen molar-refractivity contribution in [2.24, 2.45) is 5.73 Å². The van der Waals surface area contributed by atoms with Crippen molar-refractivity contribution in [1.29, 1.82) is 0 Å². The van der Waals surface area contributed by atoms with E-state index in [1.165, 1.54) is 43.4 Å². The van der Waals surface area contributed by atoms with E-state index in [9.17, 15) is 24.3 Å². The smallest absolute Gasteiger partial charge is 0.355 e. The summed E-state index contributed by atoms with van der Waals surface area (Å²) in [5, 5.41) is 18.8. The van der Waals surface area contributed by atoms with Crippen LogP contribution >= 0.6 is 0 Å². The van der Waals surface area contributed by atoms with E-state index in [1.54, 1.807) is 12.1 Å². The third kappa shape index (κ3) is 6.72. The van der Waals surface area contributed by atoms with Crippen molar-refractivity contribution in [3.8, 4) is 11.5 Å². The molecule has 1 atom stereocenters. The molecule has 31 heavy (non-hydrogen) atoms. The number of carbonyl (C=O) groups excluding carboxylic acids is 2. The van der Waals surface area contributed by atoms with E-state index in [1.807, 2.05) is 0 Å². The maximum atomic E-state index is 12.4. The Morgan fingerprint density at radius 1 is 1.00 bits per heavy atom. The molecule has 2 amide bonds. The Morgan fingerprint density at radius 3 is 2.10 bits per heavy atom. The third-order valence-corrected chi connectivity index (χ3v) is 3.92. The van der Waals surface area contributed by atoms with Crippen LogP contribution in [0.5, 0.6) is 11.5 Å². The Hall–Kier alpha value is -4.12. The monoisotopic (exact) mass is 431 g/mol. The number of carboxylic acids is 2. The molecule has 0 saturated carbocycles. The Bertz CT molecular complexity index is 944. The summed E-state index contributed by atoms with van der Waals surface area (Å²) in [5.74, 6) is -4.13. The molecule has 0 aliphatic heterocycles. The molecular formula is C20H21N3O8. The largest absolute Gasteiger partial charge is 0.482 e. The second-order valence-electron chi connectivity index (χ2n) is 6.23. The number of amides is 2. The van der Waals surface area contributed by atoms with Gasteiger partial charge in [0.25, 0.3) is 17.9 Å². The lowest BCUT2D eigenvalue weighted by molar-refractivity contribution is -0.152. The van der Waals surface area contributed by atoms with Crippen LogP contribution in [0.4, 0.5) is 0 Å². The maximum absolute atomic E-state index is 12.4. The van der Waals surface area contributed by atoms with Gasteiger partial charge in [0, 0.05) is 19.2 Å². The predicted octanol–water partition coefficient (Wildman–Crippen LogP) is 0.244. The number of carbonyl (C=O) groups is 4. The zero-order chi connectivity index (χ0) is 23.0. The molecule has 0 aromatic heterocycles. The summed E-state index contributed by atoms with van der Waals surface area (Å²) in [5.41, 5.74) is 8.78. The van der Waals surface area contributed by atoms with Crippen LogP contribution in [0, 0.1) is 0 Å². The number of nitrogens with two attached hydrogens (primary N) is 1. The standard InChI is InChI=1S/C20H21N3O8/c1-23(19(27)13-4-2-12(10-21)3-5-13)22-18(26)17(20(28)29)31-15-8-6-14(7-9-15)30-11-16(24)25/h2-9,17H,10-11,21H2,1H3,(H,22,26)(H,24,25)(H,28,29). The Morgan fingerprint density at radius 2 is 1.58 bits per heavy atom. The first-order valence-corrected chi connectivity index (χ1v) is 8.93. The summed E-state index contributed by atoms with van der Waals surface area (Å²) >= 11 is 0. The van der Waals surface area contributed by atoms with Crippen molar-refractivity contribution in [2.75, 3.05) is 13.7 Å². The minimum Gasteiger partial charge on any atom is -0.482 e. The molecule has 0 aliphatic carbocycles. The Labute approximate surface area is 176 Å². The van der Waals surface area contributed by atoms with E-state index < -0.39 is 36.5 Å². The summed E-state index contributed by atoms with van der Waals surface area (Å²) in [6.45, 7) is -0.235. The van der Waals surface area contributed by atoms with E-state index in [2.05, 4.69) is 5.43 Å². The van der Waals surface area contributed by atoms with E-state index in [-0.39, 0.29) is 17.1 Å². The van der Waals surface area contributed by atoms with Gasteiger partial charge in [-0.1, -0.05) is 12.1 Å². The van der Waals surface area contributed by atoms with Crippen LogP contribution in [0.3, 0.4) is 0 Å². The zero-order valence-corrected chi connectivity index (χ0v) is 16.5. The van der Waals surface area contributed by atoms with Crippen LogP contribution in [0.1, 0.15) is 15.9 Å². The quantitative estimate of drug-likeness (QED) is 0.321. The first-order chi connectivity index (χ1) is 14.7. The number of carboxylic acid groups (broad SMARTS) is 2. The van der Waals surface area contributed by atoms with Crippen LogP contribution in [0.2, 0.25) is 0 Å². The van der Waals surface area contributed by atoms with Crippen LogP contribution in [-0.4, -0.2) is 58.7 Å². The number of hydrogen-bond donors (Lipinski definition) is 4. The van der Waals surface area contributed by atoms with E-state index in [4.69, 9.17) is 20.3 Å². The highest BCUT2D eigenvalue weighted by molar-refractivity contribution is 6.02. The molecule has 2 rings (SSSR count). The minimum atomic E-state index is -1.94. The fourth-order valence-electron chi connectivity index (χ4n) is 2.36. The summed E-state index contributed by atoms with van der Waals surface area (Å²) in [7, 11) is 1.27. The van der Waals surface area contributed by atoms with E-state index in [0.717, 1.165) is 10.6 Å². The molecule has 11 heteroatoms. The van der Waals surface area contributed by atoms with Gasteiger partial charge in [-0.15, -0.1) is 0 Å². The highest BCUT2D eigenvalue weighted by Gasteiger charge is 2.30. The number of benzene rings is 2. The fourth-order valence-corrected chi connectivity index (χ4v) is 2.36. The van der Waals surface area contributed by atoms with Gasteiger partial charge >= 0.3 is 11.9 Å². The molecule has 164 valence electrons. The Kier molecular flexibility index (Phi) is 7.92. The number of hydrogen-bond acceptors (Lipinski definition) is 7. The van der Waals surface area contributed by atoms with Gasteiger partial charge in [0.15, 0.2) is 6.61 Å². The number of aliphatic carboxylic acids is 2. The molecule has 0 spiro atoms. The second-order valence-corrected chi connectivity index (χ2v) is 6.23. The third-order valence-electron chi connectivity index (χ3n) is 3.92. The topological polar surface area (TPSA) is 168 Å². The highest BCUT2D eigenvalue weighted by Crippen LogP contribution is 2.19. The molecule has 2 aromatic carbocycles. The van der Waals surface area contributed by atoms with Crippen molar-refractivity contribution in [1.82, 2.24) is 10.4 Å². The average Bonchev–Trinajstić information content (AvgIpc) is 2.75. The summed E-state index contributed by atoms with van der Waals surface area (Å²) in [6, 6.07) is 11.7. The molecule has 0 radical (unpaired) electrons. The highest BCUT2D eigenvalue weighted by atomic mass is 16.5. The molecule has 0 saturated heterocycles. The van der Waals surface area contributed by atoms with Crippen LogP contribution in [0.25, 0.3) is 0 Å². The molecule has 2 aromatic rings. The van der Waals surface area contributed by atoms with Gasteiger partial charge in [-0.05, 0) is 42.0 Å². The van der Waals surface area contributed by atoms with Gasteiger partial charge in [0.1, 0.15) is 11.5 Å². The summed E-state index contributed by atoms with van der Waals surface area (Å²) in [6.07, 6.45) is -1.94. The average molecular weight is 431 g/mol. The summed E-state index contributed by atoms with van der Waals surface area (Å²) < 4.78 is 10.2. The first kappa shape index (κ1) is 23.2. The maximum Gasteiger partial charge on any atom is 0.355 e. The summed E-state index contributed by atoms with van der Waals surface area (Å²) in [4.78, 5) is 46.8. The van der Waals surface area contributed by atoms with E-state index >= 15 is 0 Å². The molecule has 1 unspecified atom stereocenters. The number of ether oxygens (including phenoxy) is 2. The van der Waals surface area contributed by atoms with Gasteiger partial charge in [-0.25, -0.2) is 9.59 Å². The zero-order valence-electron chi connectivity index (χ0n) is 16.5. The molecule has 0 fully saturated rings. The van der Waals surface area contributed by atoms with Crippen molar-refractivity contribution >= 4 is 23.8 Å². The molecule has 0 bridgehead atoms. The number of hydrazine groups is 1. The lowest BCUT2D eigenvalue weighted by atomic mass is 10.1. The van der Waals surface area contributed by atoms with Crippen LogP contribution < -0.4 is 20.6 Å². The van der Waals surface area contributed by atoms with Crippen LogP contribution in [0.15, 0.2) is 48.5 Å². The Balaban J connectivity index is 2.01. The fraction of sp³-hybridized carbons (Fsp3) is 0.200. The van der Waals surface area contributed by atoms with Crippen molar-refractivity contribution < 1.29 is 38.9 Å². The SMILES string of the molecule is CN(NC(=O)C(Oc1ccc(OCC(=O)O)cc1)C(=O)O)C(=O)c1ccc(CN)cc1. The molecular weight excluding hydrogens is 410 g/mol. The molecule has 5 N–H and O–H groups in total. The van der Waals surface area contributed by atoms with Gasteiger partial charge in [-0.3, -0.25) is 20.0 Å². The van der Waals surface area contributed by atoms with Crippen LogP contribution in [-0.2, 0) is 20.9 Å². The minimum absolute atomic E-state index is 0.0246. The lowest BCUT2D eigenvalue weighted by Crippen LogP contribution is -2.51. The number of nitrogens with one attached hydrogen (secondary N) is 1. The predicted molar refractivity (Wildman–Crippen MR) is 106 cm³/mol. The normalized spacial score (nSPS) is 11.2. The van der Waals surface area contributed by atoms with Gasteiger partial charge in [0.2, 0.25) is 0 Å². The second kappa shape index (κ2) is 10.6.